The fraction of sp³-hybridized carbons (Fsp3) is 0.308. The van der Waals surface area contributed by atoms with E-state index in [0.29, 0.717) is 0 Å². The van der Waals surface area contributed by atoms with Gasteiger partial charge in [0.2, 0.25) is 0 Å². The van der Waals surface area contributed by atoms with Crippen LogP contribution in [0.15, 0.2) is 30.3 Å². The quantitative estimate of drug-likeness (QED) is 0.404. The zero-order valence-electron chi connectivity index (χ0n) is 8.98. The van der Waals surface area contributed by atoms with Crippen LogP contribution in [0.1, 0.15) is 25.3 Å². The van der Waals surface area contributed by atoms with Crippen molar-refractivity contribution in [2.75, 3.05) is 6.61 Å². The summed E-state index contributed by atoms with van der Waals surface area (Å²) in [7, 11) is 0. The van der Waals surface area contributed by atoms with Gasteiger partial charge >= 0.3 is 0 Å². The van der Waals surface area contributed by atoms with Crippen LogP contribution >= 0.6 is 0 Å². The van der Waals surface area contributed by atoms with Gasteiger partial charge in [-0.2, -0.15) is 0 Å². The highest BCUT2D eigenvalue weighted by Gasteiger charge is 1.92. The van der Waals surface area contributed by atoms with Gasteiger partial charge in [0.25, 0.3) is 0 Å². The van der Waals surface area contributed by atoms with Crippen molar-refractivity contribution in [1.82, 2.24) is 0 Å². The first-order valence-electron chi connectivity index (χ1n) is 5.21. The standard InChI is InChI=1S/C13H16O2/c1-2-3-11-15-13-8-6-12(7-9-13)5-4-10-14/h4-10H,2-3,11H2,1H3/b5-4+. The molecular formula is C13H16O2. The third kappa shape index (κ3) is 4.45. The predicted molar refractivity (Wildman–Crippen MR) is 61.9 cm³/mol. The zero-order chi connectivity index (χ0) is 10.9. The molecule has 0 atom stereocenters. The summed E-state index contributed by atoms with van der Waals surface area (Å²) in [6.07, 6.45) is 6.23. The van der Waals surface area contributed by atoms with Crippen molar-refractivity contribution in [2.24, 2.45) is 0 Å². The lowest BCUT2D eigenvalue weighted by Gasteiger charge is -2.04. The van der Waals surface area contributed by atoms with Gasteiger partial charge in [-0.1, -0.05) is 31.6 Å². The summed E-state index contributed by atoms with van der Waals surface area (Å²) in [4.78, 5) is 10.1. The van der Waals surface area contributed by atoms with Gasteiger partial charge < -0.3 is 4.74 Å². The van der Waals surface area contributed by atoms with Crippen molar-refractivity contribution in [3.05, 3.63) is 35.9 Å². The average molecular weight is 204 g/mol. The number of rotatable bonds is 6. The van der Waals surface area contributed by atoms with Crippen LogP contribution in [0, 0.1) is 0 Å². The van der Waals surface area contributed by atoms with Gasteiger partial charge in [0.1, 0.15) is 12.0 Å². The van der Waals surface area contributed by atoms with Crippen molar-refractivity contribution < 1.29 is 9.53 Å². The van der Waals surface area contributed by atoms with E-state index in [1.807, 2.05) is 24.3 Å². The lowest BCUT2D eigenvalue weighted by molar-refractivity contribution is -0.104. The number of hydrogen-bond donors (Lipinski definition) is 0. The summed E-state index contributed by atoms with van der Waals surface area (Å²) in [5.74, 6) is 0.881. The fourth-order valence-electron chi connectivity index (χ4n) is 1.16. The highest BCUT2D eigenvalue weighted by atomic mass is 16.5. The number of unbranched alkanes of at least 4 members (excludes halogenated alkanes) is 1. The average Bonchev–Trinajstić information content (AvgIpc) is 2.28. The largest absolute Gasteiger partial charge is 0.494 e. The maximum absolute atomic E-state index is 10.1. The van der Waals surface area contributed by atoms with Crippen molar-refractivity contribution in [2.45, 2.75) is 19.8 Å². The Labute approximate surface area is 90.6 Å². The predicted octanol–water partition coefficient (Wildman–Crippen LogP) is 3.08. The lowest BCUT2D eigenvalue weighted by atomic mass is 10.2. The molecule has 0 spiro atoms. The maximum atomic E-state index is 10.1. The molecule has 0 unspecified atom stereocenters. The molecule has 0 saturated carbocycles. The van der Waals surface area contributed by atoms with Gasteiger partial charge in [-0.3, -0.25) is 4.79 Å². The van der Waals surface area contributed by atoms with Crippen LogP contribution in [0.5, 0.6) is 5.75 Å². The van der Waals surface area contributed by atoms with Crippen LogP contribution in [0.3, 0.4) is 0 Å². The van der Waals surface area contributed by atoms with E-state index in [9.17, 15) is 4.79 Å². The van der Waals surface area contributed by atoms with Crippen molar-refractivity contribution >= 4 is 12.4 Å². The molecule has 0 N–H and O–H groups in total. The molecule has 0 aliphatic carbocycles. The number of aldehydes is 1. The van der Waals surface area contributed by atoms with Crippen LogP contribution in [0.4, 0.5) is 0 Å². The van der Waals surface area contributed by atoms with Crippen LogP contribution in [0.2, 0.25) is 0 Å². The van der Waals surface area contributed by atoms with Gasteiger partial charge in [-0.05, 0) is 30.2 Å². The molecule has 0 aliphatic heterocycles. The van der Waals surface area contributed by atoms with Gasteiger partial charge in [-0.15, -0.1) is 0 Å². The smallest absolute Gasteiger partial charge is 0.142 e. The minimum absolute atomic E-state index is 0.764. The summed E-state index contributed by atoms with van der Waals surface area (Å²) in [6.45, 7) is 2.90. The topological polar surface area (TPSA) is 26.3 Å². The normalized spacial score (nSPS) is 10.5. The molecule has 0 fully saturated rings. The van der Waals surface area contributed by atoms with E-state index in [1.165, 1.54) is 6.08 Å². The van der Waals surface area contributed by atoms with Gasteiger partial charge in [-0.25, -0.2) is 0 Å². The van der Waals surface area contributed by atoms with Crippen molar-refractivity contribution in [3.63, 3.8) is 0 Å². The van der Waals surface area contributed by atoms with Crippen LogP contribution in [-0.2, 0) is 4.79 Å². The number of ether oxygens (including phenoxy) is 1. The molecule has 15 heavy (non-hydrogen) atoms. The Balaban J connectivity index is 2.48. The molecule has 2 heteroatoms. The SMILES string of the molecule is CCCCOc1ccc(/C=C/C=O)cc1. The number of carbonyl (C=O) groups is 1. The Morgan fingerprint density at radius 2 is 2.00 bits per heavy atom. The van der Waals surface area contributed by atoms with Crippen molar-refractivity contribution in [1.29, 1.82) is 0 Å². The van der Waals surface area contributed by atoms with E-state index in [1.54, 1.807) is 6.08 Å². The molecule has 0 bridgehead atoms. The molecule has 2 nitrogen and oxygen atoms in total. The van der Waals surface area contributed by atoms with E-state index in [2.05, 4.69) is 6.92 Å². The molecule has 1 aromatic rings. The summed E-state index contributed by atoms with van der Waals surface area (Å²) < 4.78 is 5.51. The minimum atomic E-state index is 0.764. The summed E-state index contributed by atoms with van der Waals surface area (Å²) in [6, 6.07) is 7.70. The maximum Gasteiger partial charge on any atom is 0.142 e. The molecule has 0 amide bonds. The number of allylic oxidation sites excluding steroid dienone is 1. The molecule has 0 aromatic heterocycles. The Bertz CT molecular complexity index is 312. The summed E-state index contributed by atoms with van der Waals surface area (Å²) in [5.41, 5.74) is 1.00. The van der Waals surface area contributed by atoms with E-state index < -0.39 is 0 Å². The summed E-state index contributed by atoms with van der Waals surface area (Å²) in [5, 5.41) is 0. The van der Waals surface area contributed by atoms with Crippen LogP contribution < -0.4 is 4.74 Å². The second-order valence-electron chi connectivity index (χ2n) is 3.27. The summed E-state index contributed by atoms with van der Waals surface area (Å²) >= 11 is 0. The molecule has 0 saturated heterocycles. The molecule has 1 rings (SSSR count). The van der Waals surface area contributed by atoms with E-state index >= 15 is 0 Å². The Morgan fingerprint density at radius 3 is 2.60 bits per heavy atom. The third-order valence-corrected chi connectivity index (χ3v) is 2.01. The van der Waals surface area contributed by atoms with Gasteiger partial charge in [0.05, 0.1) is 6.61 Å². The fourth-order valence-corrected chi connectivity index (χ4v) is 1.16. The number of benzene rings is 1. The second kappa shape index (κ2) is 6.82. The molecule has 0 heterocycles. The van der Waals surface area contributed by atoms with E-state index in [4.69, 9.17) is 4.74 Å². The van der Waals surface area contributed by atoms with Crippen LogP contribution in [0.25, 0.3) is 6.08 Å². The Morgan fingerprint density at radius 1 is 1.27 bits per heavy atom. The monoisotopic (exact) mass is 204 g/mol. The first-order chi connectivity index (χ1) is 7.36. The molecular weight excluding hydrogens is 188 g/mol. The zero-order valence-corrected chi connectivity index (χ0v) is 8.98. The van der Waals surface area contributed by atoms with E-state index in [0.717, 1.165) is 37.0 Å². The lowest BCUT2D eigenvalue weighted by Crippen LogP contribution is -1.95. The molecule has 1 aromatic carbocycles. The van der Waals surface area contributed by atoms with Crippen molar-refractivity contribution in [3.8, 4) is 5.75 Å². The van der Waals surface area contributed by atoms with E-state index in [-0.39, 0.29) is 0 Å². The van der Waals surface area contributed by atoms with Gasteiger partial charge in [0.15, 0.2) is 0 Å². The minimum Gasteiger partial charge on any atom is -0.494 e. The van der Waals surface area contributed by atoms with Gasteiger partial charge in [0, 0.05) is 0 Å². The van der Waals surface area contributed by atoms with Crippen LogP contribution in [-0.4, -0.2) is 12.9 Å². The Hall–Kier alpha value is -1.57. The third-order valence-electron chi connectivity index (χ3n) is 2.01. The first kappa shape index (κ1) is 11.5. The number of hydrogen-bond acceptors (Lipinski definition) is 2. The molecule has 0 radical (unpaired) electrons. The molecule has 0 aliphatic rings. The number of carbonyl (C=O) groups excluding carboxylic acids is 1. The first-order valence-corrected chi connectivity index (χ1v) is 5.21. The Kier molecular flexibility index (Phi) is 5.23. The molecule has 80 valence electrons. The second-order valence-corrected chi connectivity index (χ2v) is 3.27. The highest BCUT2D eigenvalue weighted by Crippen LogP contribution is 2.13. The highest BCUT2D eigenvalue weighted by molar-refractivity contribution is 5.73.